The van der Waals surface area contributed by atoms with Crippen molar-refractivity contribution in [1.82, 2.24) is 0 Å². The SMILES string of the molecule is Fc1ccccc1C(CCc1ccccc1)Cc1ccccc1. The number of halogens is 1. The third-order valence-electron chi connectivity index (χ3n) is 4.29. The lowest BCUT2D eigenvalue weighted by Gasteiger charge is -2.18. The van der Waals surface area contributed by atoms with Crippen LogP contribution in [0.3, 0.4) is 0 Å². The van der Waals surface area contributed by atoms with E-state index < -0.39 is 0 Å². The Balaban J connectivity index is 1.80. The van der Waals surface area contributed by atoms with Gasteiger partial charge < -0.3 is 0 Å². The van der Waals surface area contributed by atoms with E-state index in [2.05, 4.69) is 36.4 Å². The van der Waals surface area contributed by atoms with Gasteiger partial charge in [0.2, 0.25) is 0 Å². The summed E-state index contributed by atoms with van der Waals surface area (Å²) in [5.41, 5.74) is 3.39. The zero-order valence-corrected chi connectivity index (χ0v) is 13.2. The topological polar surface area (TPSA) is 0 Å². The second kappa shape index (κ2) is 7.73. The van der Waals surface area contributed by atoms with Crippen LogP contribution in [0.2, 0.25) is 0 Å². The Bertz CT molecular complexity index is 719. The second-order valence-corrected chi connectivity index (χ2v) is 5.93. The normalized spacial score (nSPS) is 12.0. The fourth-order valence-corrected chi connectivity index (χ4v) is 3.06. The molecule has 0 heterocycles. The molecule has 0 spiro atoms. The average Bonchev–Trinajstić information content (AvgIpc) is 2.61. The zero-order valence-electron chi connectivity index (χ0n) is 13.2. The largest absolute Gasteiger partial charge is 0.207 e. The highest BCUT2D eigenvalue weighted by Crippen LogP contribution is 2.28. The molecule has 3 aromatic carbocycles. The van der Waals surface area contributed by atoms with Gasteiger partial charge in [-0.25, -0.2) is 4.39 Å². The maximum absolute atomic E-state index is 14.3. The minimum atomic E-state index is -0.0958. The monoisotopic (exact) mass is 304 g/mol. The van der Waals surface area contributed by atoms with E-state index in [1.54, 1.807) is 12.1 Å². The van der Waals surface area contributed by atoms with E-state index >= 15 is 0 Å². The summed E-state index contributed by atoms with van der Waals surface area (Å²) in [5.74, 6) is 0.0975. The van der Waals surface area contributed by atoms with Crippen LogP contribution in [-0.2, 0) is 12.8 Å². The first kappa shape index (κ1) is 15.5. The van der Waals surface area contributed by atoms with Gasteiger partial charge in [-0.05, 0) is 47.9 Å². The van der Waals surface area contributed by atoms with E-state index in [0.717, 1.165) is 24.8 Å². The lowest BCUT2D eigenvalue weighted by atomic mass is 9.87. The molecule has 0 aliphatic carbocycles. The van der Waals surface area contributed by atoms with Crippen molar-refractivity contribution in [2.24, 2.45) is 0 Å². The Morgan fingerprint density at radius 1 is 0.652 bits per heavy atom. The van der Waals surface area contributed by atoms with Gasteiger partial charge in [-0.15, -0.1) is 0 Å². The van der Waals surface area contributed by atoms with Crippen LogP contribution in [0.25, 0.3) is 0 Å². The predicted octanol–water partition coefficient (Wildman–Crippen LogP) is 5.78. The smallest absolute Gasteiger partial charge is 0.126 e. The van der Waals surface area contributed by atoms with E-state index in [9.17, 15) is 4.39 Å². The van der Waals surface area contributed by atoms with E-state index in [4.69, 9.17) is 0 Å². The third kappa shape index (κ3) is 4.29. The van der Waals surface area contributed by atoms with Gasteiger partial charge in [-0.2, -0.15) is 0 Å². The molecule has 1 heteroatoms. The molecule has 3 rings (SSSR count). The standard InChI is InChI=1S/C22H21F/c23-22-14-8-7-13-21(22)20(17-19-11-5-2-6-12-19)16-15-18-9-3-1-4-10-18/h1-14,20H,15-17H2. The van der Waals surface area contributed by atoms with Crippen molar-refractivity contribution in [2.75, 3.05) is 0 Å². The summed E-state index contributed by atoms with van der Waals surface area (Å²) < 4.78 is 14.3. The molecule has 0 saturated carbocycles. The summed E-state index contributed by atoms with van der Waals surface area (Å²) in [5, 5.41) is 0. The summed E-state index contributed by atoms with van der Waals surface area (Å²) in [6, 6.07) is 28.0. The molecule has 0 amide bonds. The average molecular weight is 304 g/mol. The molecule has 0 aromatic heterocycles. The van der Waals surface area contributed by atoms with E-state index in [0.29, 0.717) is 0 Å². The minimum Gasteiger partial charge on any atom is -0.207 e. The molecule has 1 unspecified atom stereocenters. The molecule has 0 aliphatic rings. The Morgan fingerprint density at radius 3 is 1.87 bits per heavy atom. The number of hydrogen-bond donors (Lipinski definition) is 0. The molecular formula is C22H21F. The molecule has 0 aliphatic heterocycles. The fraction of sp³-hybridized carbons (Fsp3) is 0.182. The lowest BCUT2D eigenvalue weighted by Crippen LogP contribution is -2.07. The first-order chi connectivity index (χ1) is 11.3. The van der Waals surface area contributed by atoms with Crippen LogP contribution in [0, 0.1) is 5.82 Å². The van der Waals surface area contributed by atoms with Gasteiger partial charge in [0.05, 0.1) is 0 Å². The summed E-state index contributed by atoms with van der Waals surface area (Å²) in [6.07, 6.45) is 2.78. The van der Waals surface area contributed by atoms with Crippen molar-refractivity contribution in [3.63, 3.8) is 0 Å². The zero-order chi connectivity index (χ0) is 15.9. The van der Waals surface area contributed by atoms with Crippen LogP contribution in [-0.4, -0.2) is 0 Å². The molecule has 0 saturated heterocycles. The molecule has 0 N–H and O–H groups in total. The van der Waals surface area contributed by atoms with Crippen LogP contribution < -0.4 is 0 Å². The lowest BCUT2D eigenvalue weighted by molar-refractivity contribution is 0.551. The van der Waals surface area contributed by atoms with E-state index in [1.807, 2.05) is 36.4 Å². The summed E-state index contributed by atoms with van der Waals surface area (Å²) in [7, 11) is 0. The second-order valence-electron chi connectivity index (χ2n) is 5.93. The van der Waals surface area contributed by atoms with E-state index in [-0.39, 0.29) is 11.7 Å². The molecule has 0 nitrogen and oxygen atoms in total. The highest BCUT2D eigenvalue weighted by Gasteiger charge is 2.16. The summed E-state index contributed by atoms with van der Waals surface area (Å²) in [4.78, 5) is 0. The molecule has 3 aromatic rings. The number of aryl methyl sites for hydroxylation is 1. The van der Waals surface area contributed by atoms with Crippen LogP contribution in [0.15, 0.2) is 84.9 Å². The van der Waals surface area contributed by atoms with Crippen molar-refractivity contribution in [3.05, 3.63) is 107 Å². The van der Waals surface area contributed by atoms with Gasteiger partial charge in [0.25, 0.3) is 0 Å². The summed E-state index contributed by atoms with van der Waals surface area (Å²) in [6.45, 7) is 0. The highest BCUT2D eigenvalue weighted by molar-refractivity contribution is 5.26. The van der Waals surface area contributed by atoms with E-state index in [1.165, 1.54) is 11.1 Å². The molecular weight excluding hydrogens is 283 g/mol. The first-order valence-electron chi connectivity index (χ1n) is 8.15. The molecule has 1 atom stereocenters. The Labute approximate surface area is 137 Å². The van der Waals surface area contributed by atoms with Crippen molar-refractivity contribution in [3.8, 4) is 0 Å². The van der Waals surface area contributed by atoms with Crippen molar-refractivity contribution in [2.45, 2.75) is 25.2 Å². The quantitative estimate of drug-likeness (QED) is 0.541. The predicted molar refractivity (Wildman–Crippen MR) is 94.1 cm³/mol. The number of rotatable bonds is 6. The summed E-state index contributed by atoms with van der Waals surface area (Å²) >= 11 is 0. The van der Waals surface area contributed by atoms with Crippen molar-refractivity contribution < 1.29 is 4.39 Å². The molecule has 0 fully saturated rings. The fourth-order valence-electron chi connectivity index (χ4n) is 3.06. The Morgan fingerprint density at radius 2 is 1.22 bits per heavy atom. The molecule has 23 heavy (non-hydrogen) atoms. The Kier molecular flexibility index (Phi) is 5.21. The van der Waals surface area contributed by atoms with Crippen LogP contribution in [0.1, 0.15) is 29.0 Å². The van der Waals surface area contributed by atoms with Gasteiger partial charge in [-0.1, -0.05) is 78.9 Å². The first-order valence-corrected chi connectivity index (χ1v) is 8.15. The van der Waals surface area contributed by atoms with Crippen LogP contribution >= 0.6 is 0 Å². The van der Waals surface area contributed by atoms with Crippen LogP contribution in [0.5, 0.6) is 0 Å². The van der Waals surface area contributed by atoms with Gasteiger partial charge >= 0.3 is 0 Å². The maximum atomic E-state index is 14.3. The molecule has 0 bridgehead atoms. The number of benzene rings is 3. The Hall–Kier alpha value is -2.41. The third-order valence-corrected chi connectivity index (χ3v) is 4.29. The highest BCUT2D eigenvalue weighted by atomic mass is 19.1. The van der Waals surface area contributed by atoms with Gasteiger partial charge in [0.1, 0.15) is 5.82 Å². The van der Waals surface area contributed by atoms with Gasteiger partial charge in [0.15, 0.2) is 0 Å². The molecule has 116 valence electrons. The van der Waals surface area contributed by atoms with Gasteiger partial charge in [0, 0.05) is 0 Å². The van der Waals surface area contributed by atoms with Crippen molar-refractivity contribution in [1.29, 1.82) is 0 Å². The molecule has 0 radical (unpaired) electrons. The minimum absolute atomic E-state index is 0.0958. The number of hydrogen-bond acceptors (Lipinski definition) is 0. The van der Waals surface area contributed by atoms with Gasteiger partial charge in [-0.3, -0.25) is 0 Å². The van der Waals surface area contributed by atoms with Crippen LogP contribution in [0.4, 0.5) is 4.39 Å². The maximum Gasteiger partial charge on any atom is 0.126 e. The van der Waals surface area contributed by atoms with Crippen molar-refractivity contribution >= 4 is 0 Å².